The molecule has 1 fully saturated rings. The van der Waals surface area contributed by atoms with Crippen molar-refractivity contribution in [2.24, 2.45) is 5.92 Å². The lowest BCUT2D eigenvalue weighted by atomic mass is 10.0. The maximum atomic E-state index is 11.5. The number of halogens is 1. The molecule has 86 valence electrons. The summed E-state index contributed by atoms with van der Waals surface area (Å²) in [6.45, 7) is 4.18. The topological polar surface area (TPSA) is 42.4 Å². The number of hydrogen-bond donors (Lipinski definition) is 0. The quantitative estimate of drug-likeness (QED) is 0.780. The first-order chi connectivity index (χ1) is 7.61. The van der Waals surface area contributed by atoms with E-state index in [1.54, 1.807) is 12.3 Å². The highest BCUT2D eigenvalue weighted by molar-refractivity contribution is 9.10. The molecule has 1 aromatic rings. The van der Waals surface area contributed by atoms with Gasteiger partial charge in [0.05, 0.1) is 17.1 Å². The number of aromatic nitrogens is 1. The van der Waals surface area contributed by atoms with E-state index in [9.17, 15) is 4.79 Å². The highest BCUT2D eigenvalue weighted by atomic mass is 79.9. The second-order valence-corrected chi connectivity index (χ2v) is 4.88. The van der Waals surface area contributed by atoms with E-state index < -0.39 is 0 Å². The summed E-state index contributed by atoms with van der Waals surface area (Å²) in [6, 6.07) is 1.77. The maximum absolute atomic E-state index is 11.5. The molecule has 5 heteroatoms. The van der Waals surface area contributed by atoms with E-state index >= 15 is 0 Å². The normalized spacial score (nSPS) is 15.8. The summed E-state index contributed by atoms with van der Waals surface area (Å²) in [5.74, 6) is 1.19. The number of carbonyl (C=O) groups excluding carboxylic acids is 1. The minimum Gasteiger partial charge on any atom is -0.465 e. The van der Waals surface area contributed by atoms with E-state index in [0.717, 1.165) is 18.9 Å². The Bertz CT molecular complexity index is 416. The van der Waals surface area contributed by atoms with Gasteiger partial charge in [0.25, 0.3) is 0 Å². The number of esters is 1. The third-order valence-electron chi connectivity index (χ3n) is 2.63. The third kappa shape index (κ3) is 2.04. The predicted octanol–water partition coefficient (Wildman–Crippen LogP) is 2.09. The van der Waals surface area contributed by atoms with E-state index in [1.807, 2.05) is 0 Å². The van der Waals surface area contributed by atoms with Crippen molar-refractivity contribution in [1.29, 1.82) is 0 Å². The average Bonchev–Trinajstić information content (AvgIpc) is 2.25. The van der Waals surface area contributed by atoms with Crippen LogP contribution in [-0.4, -0.2) is 31.2 Å². The van der Waals surface area contributed by atoms with Crippen molar-refractivity contribution < 1.29 is 9.53 Å². The fourth-order valence-corrected chi connectivity index (χ4v) is 2.13. The Morgan fingerprint density at radius 1 is 1.62 bits per heavy atom. The van der Waals surface area contributed by atoms with E-state index in [4.69, 9.17) is 4.74 Å². The highest BCUT2D eigenvalue weighted by Gasteiger charge is 2.25. The molecular formula is C11H13BrN2O2. The molecule has 16 heavy (non-hydrogen) atoms. The van der Waals surface area contributed by atoms with Crippen molar-refractivity contribution in [1.82, 2.24) is 4.98 Å². The maximum Gasteiger partial charge on any atom is 0.339 e. The minimum absolute atomic E-state index is 0.343. The van der Waals surface area contributed by atoms with Gasteiger partial charge in [0.2, 0.25) is 0 Å². The zero-order valence-corrected chi connectivity index (χ0v) is 10.8. The predicted molar refractivity (Wildman–Crippen MR) is 64.7 cm³/mol. The van der Waals surface area contributed by atoms with Crippen molar-refractivity contribution in [2.45, 2.75) is 6.92 Å². The molecule has 0 bridgehead atoms. The van der Waals surface area contributed by atoms with Crippen LogP contribution in [0.2, 0.25) is 0 Å². The van der Waals surface area contributed by atoms with E-state index in [-0.39, 0.29) is 5.97 Å². The first-order valence-electron chi connectivity index (χ1n) is 5.10. The molecule has 1 aliphatic heterocycles. The van der Waals surface area contributed by atoms with Gasteiger partial charge in [-0.15, -0.1) is 0 Å². The molecule has 0 aromatic carbocycles. The van der Waals surface area contributed by atoms with Crippen LogP contribution in [0.3, 0.4) is 0 Å². The second kappa shape index (κ2) is 4.41. The van der Waals surface area contributed by atoms with Crippen LogP contribution in [0.4, 0.5) is 5.82 Å². The summed E-state index contributed by atoms with van der Waals surface area (Å²) in [5, 5.41) is 0. The average molecular weight is 285 g/mol. The van der Waals surface area contributed by atoms with E-state index in [0.29, 0.717) is 16.0 Å². The van der Waals surface area contributed by atoms with Crippen LogP contribution in [-0.2, 0) is 4.74 Å². The van der Waals surface area contributed by atoms with Gasteiger partial charge in [0, 0.05) is 19.3 Å². The van der Waals surface area contributed by atoms with Crippen LogP contribution < -0.4 is 4.90 Å². The van der Waals surface area contributed by atoms with Gasteiger partial charge in [0.15, 0.2) is 0 Å². The van der Waals surface area contributed by atoms with Gasteiger partial charge >= 0.3 is 5.97 Å². The number of rotatable bonds is 2. The molecule has 1 aromatic heterocycles. The van der Waals surface area contributed by atoms with Crippen molar-refractivity contribution >= 4 is 27.7 Å². The number of carbonyl (C=O) groups is 1. The van der Waals surface area contributed by atoms with Crippen LogP contribution in [0.5, 0.6) is 0 Å². The number of ether oxygens (including phenoxy) is 1. The SMILES string of the molecule is COC(=O)c1cc(N2CC(C)C2)ncc1Br. The molecule has 2 rings (SSSR count). The number of methoxy groups -OCH3 is 1. The molecule has 0 atom stereocenters. The van der Waals surface area contributed by atoms with Crippen LogP contribution >= 0.6 is 15.9 Å². The molecule has 0 amide bonds. The summed E-state index contributed by atoms with van der Waals surface area (Å²) in [5.41, 5.74) is 0.520. The van der Waals surface area contributed by atoms with E-state index in [2.05, 4.69) is 32.7 Å². The Hall–Kier alpha value is -1.10. The fraction of sp³-hybridized carbons (Fsp3) is 0.455. The van der Waals surface area contributed by atoms with Gasteiger partial charge < -0.3 is 9.64 Å². The zero-order chi connectivity index (χ0) is 11.7. The summed E-state index contributed by atoms with van der Waals surface area (Å²) >= 11 is 3.29. The summed E-state index contributed by atoms with van der Waals surface area (Å²) in [6.07, 6.45) is 1.64. The van der Waals surface area contributed by atoms with Gasteiger partial charge in [-0.25, -0.2) is 9.78 Å². The number of anilines is 1. The molecular weight excluding hydrogens is 272 g/mol. The lowest BCUT2D eigenvalue weighted by Crippen LogP contribution is -2.45. The standard InChI is InChI=1S/C11H13BrN2O2/c1-7-5-14(6-7)10-3-8(11(15)16-2)9(12)4-13-10/h3-4,7H,5-6H2,1-2H3. The fourth-order valence-electron chi connectivity index (χ4n) is 1.75. The van der Waals surface area contributed by atoms with Crippen LogP contribution in [0, 0.1) is 5.92 Å². The first-order valence-corrected chi connectivity index (χ1v) is 5.90. The van der Waals surface area contributed by atoms with Crippen molar-refractivity contribution in [3.8, 4) is 0 Å². The van der Waals surface area contributed by atoms with Crippen molar-refractivity contribution in [3.05, 3.63) is 22.3 Å². The Morgan fingerprint density at radius 3 is 2.88 bits per heavy atom. The molecule has 0 saturated carbocycles. The lowest BCUT2D eigenvalue weighted by Gasteiger charge is -2.38. The Labute approximate surface area is 103 Å². The van der Waals surface area contributed by atoms with Crippen molar-refractivity contribution in [2.75, 3.05) is 25.1 Å². The molecule has 0 aliphatic carbocycles. The molecule has 0 unspecified atom stereocenters. The van der Waals surface area contributed by atoms with E-state index in [1.165, 1.54) is 7.11 Å². The molecule has 0 spiro atoms. The zero-order valence-electron chi connectivity index (χ0n) is 9.24. The Morgan fingerprint density at radius 2 is 2.31 bits per heavy atom. The number of pyridine rings is 1. The van der Waals surface area contributed by atoms with Gasteiger partial charge in [-0.05, 0) is 27.9 Å². The Balaban J connectivity index is 2.25. The van der Waals surface area contributed by atoms with Gasteiger partial charge in [-0.1, -0.05) is 6.92 Å². The summed E-state index contributed by atoms with van der Waals surface area (Å²) < 4.78 is 5.37. The monoisotopic (exact) mass is 284 g/mol. The molecule has 1 aliphatic rings. The first kappa shape index (κ1) is 11.4. The number of hydrogen-bond acceptors (Lipinski definition) is 4. The second-order valence-electron chi connectivity index (χ2n) is 4.02. The highest BCUT2D eigenvalue weighted by Crippen LogP contribution is 2.26. The lowest BCUT2D eigenvalue weighted by molar-refractivity contribution is 0.0599. The van der Waals surface area contributed by atoms with Gasteiger partial charge in [-0.2, -0.15) is 0 Å². The van der Waals surface area contributed by atoms with Crippen molar-refractivity contribution in [3.63, 3.8) is 0 Å². The van der Waals surface area contributed by atoms with Crippen LogP contribution in [0.25, 0.3) is 0 Å². The molecule has 1 saturated heterocycles. The summed E-state index contributed by atoms with van der Waals surface area (Å²) in [7, 11) is 1.38. The summed E-state index contributed by atoms with van der Waals surface area (Å²) in [4.78, 5) is 17.9. The molecule has 0 N–H and O–H groups in total. The molecule has 2 heterocycles. The minimum atomic E-state index is -0.343. The van der Waals surface area contributed by atoms with Gasteiger partial charge in [0.1, 0.15) is 5.82 Å². The molecule has 4 nitrogen and oxygen atoms in total. The number of nitrogens with zero attached hydrogens (tertiary/aromatic N) is 2. The molecule has 0 radical (unpaired) electrons. The van der Waals surface area contributed by atoms with Crippen LogP contribution in [0.1, 0.15) is 17.3 Å². The third-order valence-corrected chi connectivity index (χ3v) is 3.27. The smallest absolute Gasteiger partial charge is 0.339 e. The Kier molecular flexibility index (Phi) is 3.14. The largest absolute Gasteiger partial charge is 0.465 e. The van der Waals surface area contributed by atoms with Gasteiger partial charge in [-0.3, -0.25) is 0 Å². The van der Waals surface area contributed by atoms with Crippen LogP contribution in [0.15, 0.2) is 16.7 Å².